The molecule has 6 nitrogen and oxygen atoms in total. The molecular formula is C15H21N3O3. The number of carboxylic acids is 1. The highest BCUT2D eigenvalue weighted by Gasteiger charge is 2.30. The lowest BCUT2D eigenvalue weighted by Gasteiger charge is -2.34. The van der Waals surface area contributed by atoms with Crippen molar-refractivity contribution in [3.63, 3.8) is 0 Å². The van der Waals surface area contributed by atoms with Crippen molar-refractivity contribution >= 4 is 17.7 Å². The summed E-state index contributed by atoms with van der Waals surface area (Å²) in [5.74, 6) is -0.585. The van der Waals surface area contributed by atoms with Gasteiger partial charge in [-0.25, -0.2) is 4.98 Å². The average Bonchev–Trinajstić information content (AvgIpc) is 2.46. The van der Waals surface area contributed by atoms with Crippen molar-refractivity contribution in [3.05, 3.63) is 23.9 Å². The maximum Gasteiger partial charge on any atom is 0.320 e. The first-order valence-corrected chi connectivity index (χ1v) is 7.18. The highest BCUT2D eigenvalue weighted by Crippen LogP contribution is 2.20. The predicted molar refractivity (Wildman–Crippen MR) is 79.0 cm³/mol. The molecule has 0 radical (unpaired) electrons. The van der Waals surface area contributed by atoms with Gasteiger partial charge in [-0.05, 0) is 45.4 Å². The van der Waals surface area contributed by atoms with Crippen molar-refractivity contribution in [3.8, 4) is 0 Å². The van der Waals surface area contributed by atoms with Crippen LogP contribution >= 0.6 is 0 Å². The molecule has 2 atom stereocenters. The fourth-order valence-electron chi connectivity index (χ4n) is 2.57. The number of amides is 1. The van der Waals surface area contributed by atoms with Crippen LogP contribution in [-0.4, -0.2) is 46.0 Å². The Morgan fingerprint density at radius 3 is 2.90 bits per heavy atom. The molecule has 1 aliphatic heterocycles. The van der Waals surface area contributed by atoms with Crippen molar-refractivity contribution in [2.45, 2.75) is 32.7 Å². The van der Waals surface area contributed by atoms with E-state index in [0.29, 0.717) is 12.4 Å². The third-order valence-electron chi connectivity index (χ3n) is 3.87. The number of nitrogens with one attached hydrogen (secondary N) is 1. The first-order chi connectivity index (χ1) is 9.97. The summed E-state index contributed by atoms with van der Waals surface area (Å²) in [6.07, 6.45) is 1.61. The van der Waals surface area contributed by atoms with E-state index in [9.17, 15) is 9.59 Å². The highest BCUT2D eigenvalue weighted by molar-refractivity contribution is 5.92. The van der Waals surface area contributed by atoms with Gasteiger partial charge >= 0.3 is 5.97 Å². The number of pyridine rings is 1. The molecule has 0 saturated carbocycles. The highest BCUT2D eigenvalue weighted by atomic mass is 16.4. The van der Waals surface area contributed by atoms with E-state index < -0.39 is 12.0 Å². The molecule has 2 heterocycles. The number of nitrogens with zero attached hydrogens (tertiary/aromatic N) is 2. The summed E-state index contributed by atoms with van der Waals surface area (Å²) >= 11 is 0. The summed E-state index contributed by atoms with van der Waals surface area (Å²) in [4.78, 5) is 29.4. The van der Waals surface area contributed by atoms with Crippen molar-refractivity contribution in [1.29, 1.82) is 0 Å². The number of carboxylic acid groups (broad SMARTS) is 1. The smallest absolute Gasteiger partial charge is 0.320 e. The van der Waals surface area contributed by atoms with Crippen LogP contribution in [-0.2, 0) is 9.59 Å². The molecule has 2 N–H and O–H groups in total. The quantitative estimate of drug-likeness (QED) is 0.878. The van der Waals surface area contributed by atoms with Crippen molar-refractivity contribution < 1.29 is 14.7 Å². The Morgan fingerprint density at radius 2 is 2.24 bits per heavy atom. The average molecular weight is 291 g/mol. The normalized spacial score (nSPS) is 20.8. The van der Waals surface area contributed by atoms with E-state index in [-0.39, 0.29) is 11.8 Å². The number of likely N-dealkylation sites (tertiary alicyclic amines) is 1. The lowest BCUT2D eigenvalue weighted by Crippen LogP contribution is -2.47. The summed E-state index contributed by atoms with van der Waals surface area (Å²) < 4.78 is 0. The number of aliphatic carboxylic acids is 1. The molecule has 1 aromatic rings. The zero-order chi connectivity index (χ0) is 15.4. The Labute approximate surface area is 124 Å². The fraction of sp³-hybridized carbons (Fsp3) is 0.533. The van der Waals surface area contributed by atoms with Crippen LogP contribution in [0.15, 0.2) is 18.2 Å². The van der Waals surface area contributed by atoms with Crippen LogP contribution in [0.3, 0.4) is 0 Å². The number of aryl methyl sites for hydroxylation is 1. The number of piperidine rings is 1. The third-order valence-corrected chi connectivity index (χ3v) is 3.87. The second-order valence-electron chi connectivity index (χ2n) is 5.50. The summed E-state index contributed by atoms with van der Waals surface area (Å²) in [5, 5.41) is 11.9. The fourth-order valence-corrected chi connectivity index (χ4v) is 2.57. The van der Waals surface area contributed by atoms with Crippen molar-refractivity contribution in [1.82, 2.24) is 9.88 Å². The Morgan fingerprint density at radius 1 is 1.48 bits per heavy atom. The van der Waals surface area contributed by atoms with Gasteiger partial charge in [-0.15, -0.1) is 0 Å². The lowest BCUT2D eigenvalue weighted by atomic mass is 9.96. The zero-order valence-corrected chi connectivity index (χ0v) is 12.4. The molecule has 1 saturated heterocycles. The Hall–Kier alpha value is -1.95. The molecule has 2 rings (SSSR count). The van der Waals surface area contributed by atoms with Crippen LogP contribution in [0, 0.1) is 12.8 Å². The van der Waals surface area contributed by atoms with E-state index in [2.05, 4.69) is 10.3 Å². The molecule has 6 heteroatoms. The number of hydrogen-bond acceptors (Lipinski definition) is 4. The van der Waals surface area contributed by atoms with Gasteiger partial charge < -0.3 is 10.4 Å². The predicted octanol–water partition coefficient (Wildman–Crippen LogP) is 1.51. The van der Waals surface area contributed by atoms with Gasteiger partial charge in [0.2, 0.25) is 5.91 Å². The number of anilines is 1. The molecule has 1 amide bonds. The molecule has 114 valence electrons. The van der Waals surface area contributed by atoms with Gasteiger partial charge in [0.25, 0.3) is 0 Å². The molecule has 0 aromatic carbocycles. The Balaban J connectivity index is 1.97. The van der Waals surface area contributed by atoms with Crippen LogP contribution in [0.4, 0.5) is 5.82 Å². The molecule has 1 fully saturated rings. The van der Waals surface area contributed by atoms with Gasteiger partial charge in [0.05, 0.1) is 5.92 Å². The molecule has 1 aromatic heterocycles. The van der Waals surface area contributed by atoms with Gasteiger partial charge in [0.15, 0.2) is 0 Å². The minimum absolute atomic E-state index is 0.0876. The molecule has 21 heavy (non-hydrogen) atoms. The van der Waals surface area contributed by atoms with E-state index in [1.807, 2.05) is 24.0 Å². The lowest BCUT2D eigenvalue weighted by molar-refractivity contribution is -0.144. The third kappa shape index (κ3) is 4.01. The molecule has 0 bridgehead atoms. The SMILES string of the molecule is Cc1cccc(NC(=O)[C@@H]2CCCN([C@H](C)C(=O)O)C2)n1. The standard InChI is InChI=1S/C15H21N3O3/c1-10-5-3-7-13(16-10)17-14(19)12-6-4-8-18(9-12)11(2)15(20)21/h3,5,7,11-12H,4,6,8-9H2,1-2H3,(H,20,21)(H,16,17,19)/t11-,12-/m1/s1. The van der Waals surface area contributed by atoms with Crippen LogP contribution in [0.25, 0.3) is 0 Å². The summed E-state index contributed by atoms with van der Waals surface area (Å²) in [6.45, 7) is 4.72. The van der Waals surface area contributed by atoms with Crippen molar-refractivity contribution in [2.24, 2.45) is 5.92 Å². The Kier molecular flexibility index (Phi) is 4.90. The minimum atomic E-state index is -0.851. The van der Waals surface area contributed by atoms with Gasteiger partial charge in [-0.1, -0.05) is 6.07 Å². The second kappa shape index (κ2) is 6.67. The topological polar surface area (TPSA) is 82.5 Å². The molecule has 0 unspecified atom stereocenters. The Bertz CT molecular complexity index is 533. The van der Waals surface area contributed by atoms with Gasteiger partial charge in [-0.3, -0.25) is 14.5 Å². The van der Waals surface area contributed by atoms with E-state index in [1.54, 1.807) is 13.0 Å². The van der Waals surface area contributed by atoms with Crippen LogP contribution < -0.4 is 5.32 Å². The number of rotatable bonds is 4. The number of carbonyl (C=O) groups is 2. The minimum Gasteiger partial charge on any atom is -0.480 e. The summed E-state index contributed by atoms with van der Waals surface area (Å²) in [6, 6.07) is 4.91. The van der Waals surface area contributed by atoms with E-state index >= 15 is 0 Å². The van der Waals surface area contributed by atoms with Crippen LogP contribution in [0.1, 0.15) is 25.5 Å². The van der Waals surface area contributed by atoms with E-state index in [0.717, 1.165) is 25.1 Å². The van der Waals surface area contributed by atoms with Crippen molar-refractivity contribution in [2.75, 3.05) is 18.4 Å². The van der Waals surface area contributed by atoms with E-state index in [1.165, 1.54) is 0 Å². The molecule has 0 spiro atoms. The largest absolute Gasteiger partial charge is 0.480 e. The summed E-state index contributed by atoms with van der Waals surface area (Å²) in [5.41, 5.74) is 0.845. The molecular weight excluding hydrogens is 270 g/mol. The first-order valence-electron chi connectivity index (χ1n) is 7.18. The second-order valence-corrected chi connectivity index (χ2v) is 5.50. The number of hydrogen-bond donors (Lipinski definition) is 2. The van der Waals surface area contributed by atoms with E-state index in [4.69, 9.17) is 5.11 Å². The summed E-state index contributed by atoms with van der Waals surface area (Å²) in [7, 11) is 0. The van der Waals surface area contributed by atoms with Crippen LogP contribution in [0.5, 0.6) is 0 Å². The monoisotopic (exact) mass is 291 g/mol. The number of aromatic nitrogens is 1. The molecule has 1 aliphatic rings. The first kappa shape index (κ1) is 15.4. The zero-order valence-electron chi connectivity index (χ0n) is 12.4. The maximum absolute atomic E-state index is 12.3. The van der Waals surface area contributed by atoms with Gasteiger partial charge in [-0.2, -0.15) is 0 Å². The number of carbonyl (C=O) groups excluding carboxylic acids is 1. The van der Waals surface area contributed by atoms with Gasteiger partial charge in [0.1, 0.15) is 11.9 Å². The maximum atomic E-state index is 12.3. The van der Waals surface area contributed by atoms with Gasteiger partial charge in [0, 0.05) is 12.2 Å². The molecule has 0 aliphatic carbocycles. The van der Waals surface area contributed by atoms with Crippen LogP contribution in [0.2, 0.25) is 0 Å².